The van der Waals surface area contributed by atoms with Gasteiger partial charge in [-0.15, -0.1) is 0 Å². The Bertz CT molecular complexity index is 843. The van der Waals surface area contributed by atoms with Crippen molar-refractivity contribution in [2.75, 3.05) is 5.32 Å². The van der Waals surface area contributed by atoms with Crippen molar-refractivity contribution in [2.24, 2.45) is 7.05 Å². The number of nitriles is 1. The van der Waals surface area contributed by atoms with Gasteiger partial charge in [-0.25, -0.2) is 0 Å². The van der Waals surface area contributed by atoms with Gasteiger partial charge in [0.1, 0.15) is 6.07 Å². The number of aromatic nitrogens is 1. The normalized spacial score (nSPS) is 10.5. The number of rotatable bonds is 3. The summed E-state index contributed by atoms with van der Waals surface area (Å²) in [6.45, 7) is 0.649. The molecule has 3 nitrogen and oxygen atoms in total. The first-order chi connectivity index (χ1) is 10.2. The Hall–Kier alpha value is -2.44. The lowest BCUT2D eigenvalue weighted by Crippen LogP contribution is -2.00. The number of benzene rings is 2. The predicted molar refractivity (Wildman–Crippen MR) is 86.4 cm³/mol. The Kier molecular flexibility index (Phi) is 3.55. The molecule has 2 aromatic carbocycles. The molecule has 0 saturated heterocycles. The van der Waals surface area contributed by atoms with Crippen molar-refractivity contribution < 1.29 is 0 Å². The fourth-order valence-corrected chi connectivity index (χ4v) is 2.69. The maximum absolute atomic E-state index is 9.15. The first kappa shape index (κ1) is 13.5. The van der Waals surface area contributed by atoms with Gasteiger partial charge in [-0.3, -0.25) is 0 Å². The minimum Gasteiger partial charge on any atom is -0.380 e. The van der Waals surface area contributed by atoms with Gasteiger partial charge < -0.3 is 9.88 Å². The van der Waals surface area contributed by atoms with Gasteiger partial charge in [-0.1, -0.05) is 29.8 Å². The zero-order valence-corrected chi connectivity index (χ0v) is 12.4. The van der Waals surface area contributed by atoms with E-state index in [9.17, 15) is 0 Å². The van der Waals surface area contributed by atoms with Crippen molar-refractivity contribution in [3.63, 3.8) is 0 Å². The Labute approximate surface area is 128 Å². The topological polar surface area (TPSA) is 40.8 Å². The van der Waals surface area contributed by atoms with E-state index in [0.29, 0.717) is 17.1 Å². The molecule has 0 spiro atoms. The number of nitrogens with one attached hydrogen (secondary N) is 1. The summed E-state index contributed by atoms with van der Waals surface area (Å²) in [6.07, 6.45) is 2.11. The van der Waals surface area contributed by atoms with Crippen molar-refractivity contribution in [2.45, 2.75) is 6.54 Å². The summed E-state index contributed by atoms with van der Waals surface area (Å²) in [7, 11) is 2.03. The average Bonchev–Trinajstić information content (AvgIpc) is 2.82. The van der Waals surface area contributed by atoms with Crippen LogP contribution in [0, 0.1) is 11.3 Å². The molecule has 0 saturated carbocycles. The summed E-state index contributed by atoms with van der Waals surface area (Å²) < 4.78 is 2.11. The summed E-state index contributed by atoms with van der Waals surface area (Å²) in [5.41, 5.74) is 3.75. The van der Waals surface area contributed by atoms with E-state index in [2.05, 4.69) is 34.3 Å². The van der Waals surface area contributed by atoms with E-state index >= 15 is 0 Å². The van der Waals surface area contributed by atoms with Crippen LogP contribution >= 0.6 is 11.6 Å². The minimum atomic E-state index is 0.597. The first-order valence-electron chi connectivity index (χ1n) is 6.65. The third-order valence-corrected chi connectivity index (χ3v) is 3.79. The van der Waals surface area contributed by atoms with Gasteiger partial charge in [-0.05, 0) is 29.8 Å². The van der Waals surface area contributed by atoms with E-state index in [0.717, 1.165) is 5.69 Å². The molecule has 3 rings (SSSR count). The highest BCUT2D eigenvalue weighted by molar-refractivity contribution is 6.30. The number of para-hydroxylation sites is 1. The average molecular weight is 296 g/mol. The molecule has 0 aliphatic rings. The molecule has 0 fully saturated rings. The number of hydrogen-bond donors (Lipinski definition) is 1. The van der Waals surface area contributed by atoms with Gasteiger partial charge in [-0.2, -0.15) is 5.26 Å². The summed E-state index contributed by atoms with van der Waals surface area (Å²) in [5.74, 6) is 0. The lowest BCUT2D eigenvalue weighted by Gasteiger charge is -2.08. The second-order valence-electron chi connectivity index (χ2n) is 4.94. The third-order valence-electron chi connectivity index (χ3n) is 3.55. The number of hydrogen-bond acceptors (Lipinski definition) is 2. The molecular weight excluding hydrogens is 282 g/mol. The highest BCUT2D eigenvalue weighted by Gasteiger charge is 2.07. The van der Waals surface area contributed by atoms with Crippen molar-refractivity contribution >= 4 is 28.2 Å². The highest BCUT2D eigenvalue weighted by Crippen LogP contribution is 2.24. The van der Waals surface area contributed by atoms with Crippen LogP contribution in [0.25, 0.3) is 10.9 Å². The minimum absolute atomic E-state index is 0.597. The molecule has 3 aromatic rings. The standard InChI is InChI=1S/C17H14ClN3/c1-21-11-13(15-4-2-3-5-17(15)21)10-20-16-8-14(18)7-6-12(16)9-19/h2-8,11,20H,10H2,1H3. The van der Waals surface area contributed by atoms with Gasteiger partial charge in [0.2, 0.25) is 0 Å². The zero-order valence-electron chi connectivity index (χ0n) is 11.6. The van der Waals surface area contributed by atoms with Crippen molar-refractivity contribution in [3.8, 4) is 6.07 Å². The molecule has 0 radical (unpaired) electrons. The first-order valence-corrected chi connectivity index (χ1v) is 7.03. The highest BCUT2D eigenvalue weighted by atomic mass is 35.5. The van der Waals surface area contributed by atoms with Gasteiger partial charge >= 0.3 is 0 Å². The quantitative estimate of drug-likeness (QED) is 0.782. The van der Waals surface area contributed by atoms with E-state index in [4.69, 9.17) is 16.9 Å². The van der Waals surface area contributed by atoms with Crippen LogP contribution in [0.4, 0.5) is 5.69 Å². The molecule has 1 heterocycles. The van der Waals surface area contributed by atoms with Crippen LogP contribution in [0.3, 0.4) is 0 Å². The molecule has 0 bridgehead atoms. The number of anilines is 1. The second-order valence-corrected chi connectivity index (χ2v) is 5.37. The van der Waals surface area contributed by atoms with E-state index in [1.807, 2.05) is 19.2 Å². The molecule has 0 aliphatic carbocycles. The largest absolute Gasteiger partial charge is 0.380 e. The molecule has 0 atom stereocenters. The lowest BCUT2D eigenvalue weighted by atomic mass is 10.1. The molecule has 0 unspecified atom stereocenters. The maximum Gasteiger partial charge on any atom is 0.101 e. The third kappa shape index (κ3) is 2.58. The molecular formula is C17H14ClN3. The molecule has 104 valence electrons. The lowest BCUT2D eigenvalue weighted by molar-refractivity contribution is 0.955. The molecule has 21 heavy (non-hydrogen) atoms. The summed E-state index contributed by atoms with van der Waals surface area (Å²) in [6, 6.07) is 15.7. The van der Waals surface area contributed by atoms with E-state index < -0.39 is 0 Å². The van der Waals surface area contributed by atoms with Crippen molar-refractivity contribution in [3.05, 3.63) is 64.8 Å². The molecule has 4 heteroatoms. The number of fused-ring (bicyclic) bond motifs is 1. The van der Waals surface area contributed by atoms with Crippen LogP contribution in [0.2, 0.25) is 5.02 Å². The fourth-order valence-electron chi connectivity index (χ4n) is 2.52. The van der Waals surface area contributed by atoms with Crippen LogP contribution in [0.5, 0.6) is 0 Å². The smallest absolute Gasteiger partial charge is 0.101 e. The fraction of sp³-hybridized carbons (Fsp3) is 0.118. The van der Waals surface area contributed by atoms with E-state index in [-0.39, 0.29) is 0 Å². The van der Waals surface area contributed by atoms with Crippen LogP contribution < -0.4 is 5.32 Å². The van der Waals surface area contributed by atoms with Crippen LogP contribution in [-0.2, 0) is 13.6 Å². The van der Waals surface area contributed by atoms with E-state index in [1.165, 1.54) is 16.5 Å². The summed E-state index contributed by atoms with van der Waals surface area (Å²) >= 11 is 6.00. The number of nitrogens with zero attached hydrogens (tertiary/aromatic N) is 2. The number of halogens is 1. The van der Waals surface area contributed by atoms with Gasteiger partial charge in [0.05, 0.1) is 11.3 Å². The van der Waals surface area contributed by atoms with Gasteiger partial charge in [0.25, 0.3) is 0 Å². The SMILES string of the molecule is Cn1cc(CNc2cc(Cl)ccc2C#N)c2ccccc21. The van der Waals surface area contributed by atoms with E-state index in [1.54, 1.807) is 18.2 Å². The Morgan fingerprint density at radius 3 is 2.86 bits per heavy atom. The van der Waals surface area contributed by atoms with Crippen molar-refractivity contribution in [1.82, 2.24) is 4.57 Å². The number of aryl methyl sites for hydroxylation is 1. The predicted octanol–water partition coefficient (Wildman–Crippen LogP) is 4.32. The van der Waals surface area contributed by atoms with Crippen molar-refractivity contribution in [1.29, 1.82) is 5.26 Å². The van der Waals surface area contributed by atoms with Crippen LogP contribution in [0.1, 0.15) is 11.1 Å². The Morgan fingerprint density at radius 2 is 2.05 bits per heavy atom. The zero-order chi connectivity index (χ0) is 14.8. The van der Waals surface area contributed by atoms with Gasteiger partial charge in [0, 0.05) is 35.7 Å². The molecule has 1 N–H and O–H groups in total. The Morgan fingerprint density at radius 1 is 1.24 bits per heavy atom. The molecule has 1 aromatic heterocycles. The second kappa shape index (κ2) is 5.51. The summed E-state index contributed by atoms with van der Waals surface area (Å²) in [5, 5.41) is 14.3. The molecule has 0 aliphatic heterocycles. The molecule has 0 amide bonds. The maximum atomic E-state index is 9.15. The summed E-state index contributed by atoms with van der Waals surface area (Å²) in [4.78, 5) is 0. The monoisotopic (exact) mass is 295 g/mol. The van der Waals surface area contributed by atoms with Crippen LogP contribution in [-0.4, -0.2) is 4.57 Å². The Balaban J connectivity index is 1.91. The van der Waals surface area contributed by atoms with Gasteiger partial charge in [0.15, 0.2) is 0 Å². The van der Waals surface area contributed by atoms with Crippen LogP contribution in [0.15, 0.2) is 48.7 Å².